The number of hydrogen-bond donors (Lipinski definition) is 0. The lowest BCUT2D eigenvalue weighted by Crippen LogP contribution is -2.27. The molecule has 0 spiro atoms. The van der Waals surface area contributed by atoms with Crippen LogP contribution >= 0.6 is 0 Å². The number of hydrogen-bond acceptors (Lipinski definition) is 5. The van der Waals surface area contributed by atoms with E-state index in [1.165, 1.54) is 14.2 Å². The Hall–Kier alpha value is -3.00. The van der Waals surface area contributed by atoms with Gasteiger partial charge >= 0.3 is 11.9 Å². The molecule has 27 heavy (non-hydrogen) atoms. The minimum Gasteiger partial charge on any atom is -0.465 e. The molecule has 0 radical (unpaired) electrons. The molecule has 0 heterocycles. The maximum absolute atomic E-state index is 12.3. The number of allylic oxidation sites excluding steroid dienone is 2. The Kier molecular flexibility index (Phi) is 7.86. The Labute approximate surface area is 161 Å². The molecule has 0 unspecified atom stereocenters. The average molecular weight is 369 g/mol. The number of methoxy groups -OCH3 is 2. The highest BCUT2D eigenvalue weighted by atomic mass is 16.5. The van der Waals surface area contributed by atoms with Crippen LogP contribution < -0.4 is 0 Å². The van der Waals surface area contributed by atoms with Gasteiger partial charge in [-0.25, -0.2) is 9.59 Å². The summed E-state index contributed by atoms with van der Waals surface area (Å²) >= 11 is 0. The molecular weight excluding hydrogens is 342 g/mol. The molecule has 0 aliphatic rings. The van der Waals surface area contributed by atoms with Crippen molar-refractivity contribution < 1.29 is 19.1 Å². The van der Waals surface area contributed by atoms with Gasteiger partial charge in [0.05, 0.1) is 26.5 Å². The fourth-order valence-electron chi connectivity index (χ4n) is 2.58. The van der Waals surface area contributed by atoms with Crippen LogP contribution in [0.1, 0.15) is 26.3 Å². The van der Waals surface area contributed by atoms with Crippen molar-refractivity contribution in [1.29, 1.82) is 0 Å². The summed E-state index contributed by atoms with van der Waals surface area (Å²) in [6.07, 6.45) is 7.25. The lowest BCUT2D eigenvalue weighted by atomic mass is 9.81. The molecular formula is C22H27NO4. The van der Waals surface area contributed by atoms with Gasteiger partial charge in [-0.3, -0.25) is 0 Å². The third-order valence-electron chi connectivity index (χ3n) is 3.95. The fourth-order valence-corrected chi connectivity index (χ4v) is 2.58. The number of rotatable bonds is 6. The fraction of sp³-hybridized carbons (Fsp3) is 0.364. The molecule has 5 heteroatoms. The molecule has 0 saturated carbocycles. The standard InChI is InChI=1S/C22H27NO4/c1-8-14-23(5)18(19(20(24)26-6)21(25)27-7)15-17(22(2,3)4)16-12-10-9-11-13-16/h1,9-13,15H,14H2,2-7H3/b17-15-. The van der Waals surface area contributed by atoms with Crippen molar-refractivity contribution in [2.45, 2.75) is 20.8 Å². The SMILES string of the molecule is C#CCN(C)C(/C=C(/c1ccccc1)C(C)(C)C)=C(C(=O)OC)C(=O)OC. The molecule has 0 amide bonds. The van der Waals surface area contributed by atoms with Crippen LogP contribution in [0.3, 0.4) is 0 Å². The van der Waals surface area contributed by atoms with Gasteiger partial charge in [0.1, 0.15) is 0 Å². The van der Waals surface area contributed by atoms with Crippen LogP contribution in [-0.4, -0.2) is 44.7 Å². The number of nitrogens with zero attached hydrogens (tertiary/aromatic N) is 1. The van der Waals surface area contributed by atoms with Gasteiger partial charge in [0.25, 0.3) is 0 Å². The van der Waals surface area contributed by atoms with E-state index in [0.29, 0.717) is 5.70 Å². The summed E-state index contributed by atoms with van der Waals surface area (Å²) in [4.78, 5) is 26.3. The first-order valence-corrected chi connectivity index (χ1v) is 8.50. The van der Waals surface area contributed by atoms with Gasteiger partial charge in [0, 0.05) is 7.05 Å². The highest BCUT2D eigenvalue weighted by Crippen LogP contribution is 2.35. The molecule has 0 saturated heterocycles. The van der Waals surface area contributed by atoms with Crippen LogP contribution in [0.15, 0.2) is 47.7 Å². The second kappa shape index (κ2) is 9.63. The number of ether oxygens (including phenoxy) is 2. The van der Waals surface area contributed by atoms with Gasteiger partial charge in [-0.05, 0) is 22.6 Å². The normalized spacial score (nSPS) is 11.2. The molecule has 1 rings (SSSR count). The Morgan fingerprint density at radius 1 is 1.11 bits per heavy atom. The van der Waals surface area contributed by atoms with E-state index in [1.807, 2.05) is 30.3 Å². The van der Waals surface area contributed by atoms with Gasteiger partial charge in [0.2, 0.25) is 0 Å². The number of carbonyl (C=O) groups excluding carboxylic acids is 2. The predicted octanol–water partition coefficient (Wildman–Crippen LogP) is 3.28. The zero-order valence-corrected chi connectivity index (χ0v) is 16.8. The van der Waals surface area contributed by atoms with Crippen molar-refractivity contribution >= 4 is 17.5 Å². The molecule has 0 bridgehead atoms. The van der Waals surface area contributed by atoms with Crippen molar-refractivity contribution in [3.05, 3.63) is 53.2 Å². The van der Waals surface area contributed by atoms with E-state index in [9.17, 15) is 9.59 Å². The lowest BCUT2D eigenvalue weighted by Gasteiger charge is -2.27. The third kappa shape index (κ3) is 5.75. The van der Waals surface area contributed by atoms with Crippen molar-refractivity contribution in [3.63, 3.8) is 0 Å². The quantitative estimate of drug-likeness (QED) is 0.192. The molecule has 0 aliphatic heterocycles. The first-order valence-electron chi connectivity index (χ1n) is 8.50. The van der Waals surface area contributed by atoms with Crippen molar-refractivity contribution in [2.75, 3.05) is 27.8 Å². The van der Waals surface area contributed by atoms with E-state index >= 15 is 0 Å². The predicted molar refractivity (Wildman–Crippen MR) is 106 cm³/mol. The minimum absolute atomic E-state index is 0.199. The van der Waals surface area contributed by atoms with Gasteiger partial charge in [-0.1, -0.05) is 57.0 Å². The molecule has 5 nitrogen and oxygen atoms in total. The molecule has 0 N–H and O–H groups in total. The highest BCUT2D eigenvalue weighted by Gasteiger charge is 2.28. The van der Waals surface area contributed by atoms with Crippen LogP contribution in [0.4, 0.5) is 0 Å². The number of terminal acetylenes is 1. The zero-order valence-electron chi connectivity index (χ0n) is 16.8. The second-order valence-electron chi connectivity index (χ2n) is 6.98. The molecule has 0 atom stereocenters. The number of benzene rings is 1. The summed E-state index contributed by atoms with van der Waals surface area (Å²) in [5.74, 6) is 0.968. The first kappa shape index (κ1) is 22.0. The van der Waals surface area contributed by atoms with Gasteiger partial charge in [-0.2, -0.15) is 0 Å². The van der Waals surface area contributed by atoms with Crippen LogP contribution in [0.5, 0.6) is 0 Å². The summed E-state index contributed by atoms with van der Waals surface area (Å²) in [6.45, 7) is 6.37. The molecule has 1 aromatic carbocycles. The van der Waals surface area contributed by atoms with Crippen molar-refractivity contribution in [1.82, 2.24) is 4.90 Å². The largest absolute Gasteiger partial charge is 0.465 e. The van der Waals surface area contributed by atoms with Crippen LogP contribution in [-0.2, 0) is 19.1 Å². The van der Waals surface area contributed by atoms with E-state index in [2.05, 4.69) is 26.7 Å². The van der Waals surface area contributed by atoms with Gasteiger partial charge < -0.3 is 14.4 Å². The van der Waals surface area contributed by atoms with E-state index in [4.69, 9.17) is 15.9 Å². The highest BCUT2D eigenvalue weighted by molar-refractivity contribution is 6.15. The molecule has 0 aromatic heterocycles. The summed E-state index contributed by atoms with van der Waals surface area (Å²) in [7, 11) is 4.15. The monoisotopic (exact) mass is 369 g/mol. The van der Waals surface area contributed by atoms with Crippen LogP contribution in [0, 0.1) is 17.8 Å². The number of carbonyl (C=O) groups is 2. The maximum atomic E-state index is 12.3. The first-order chi connectivity index (χ1) is 12.7. The maximum Gasteiger partial charge on any atom is 0.347 e. The smallest absolute Gasteiger partial charge is 0.347 e. The van der Waals surface area contributed by atoms with Crippen molar-refractivity contribution in [3.8, 4) is 12.3 Å². The zero-order chi connectivity index (χ0) is 20.6. The Bertz CT molecular complexity index is 759. The summed E-state index contributed by atoms with van der Waals surface area (Å²) in [5.41, 5.74) is 1.80. The topological polar surface area (TPSA) is 55.8 Å². The van der Waals surface area contributed by atoms with E-state index in [0.717, 1.165) is 11.1 Å². The number of likely N-dealkylation sites (N-methyl/N-ethyl adjacent to an activating group) is 1. The molecule has 1 aromatic rings. The Morgan fingerprint density at radius 2 is 1.63 bits per heavy atom. The van der Waals surface area contributed by atoms with E-state index in [1.54, 1.807) is 18.0 Å². The van der Waals surface area contributed by atoms with Gasteiger partial charge in [-0.15, -0.1) is 6.42 Å². The Balaban J connectivity index is 3.83. The van der Waals surface area contributed by atoms with Gasteiger partial charge in [0.15, 0.2) is 5.57 Å². The van der Waals surface area contributed by atoms with Crippen LogP contribution in [0.2, 0.25) is 0 Å². The van der Waals surface area contributed by atoms with Crippen molar-refractivity contribution in [2.24, 2.45) is 5.41 Å². The molecule has 144 valence electrons. The third-order valence-corrected chi connectivity index (χ3v) is 3.95. The Morgan fingerprint density at radius 3 is 2.04 bits per heavy atom. The van der Waals surface area contributed by atoms with Crippen LogP contribution in [0.25, 0.3) is 5.57 Å². The summed E-state index contributed by atoms with van der Waals surface area (Å²) in [6, 6.07) is 9.76. The molecule has 0 aliphatic carbocycles. The lowest BCUT2D eigenvalue weighted by molar-refractivity contribution is -0.144. The number of esters is 2. The second-order valence-corrected chi connectivity index (χ2v) is 6.98. The minimum atomic E-state index is -0.779. The summed E-state index contributed by atoms with van der Waals surface area (Å²) < 4.78 is 9.62. The summed E-state index contributed by atoms with van der Waals surface area (Å²) in [5, 5.41) is 0. The average Bonchev–Trinajstić information content (AvgIpc) is 2.63. The van der Waals surface area contributed by atoms with E-state index in [-0.39, 0.29) is 17.5 Å². The molecule has 0 fully saturated rings. The van der Waals surface area contributed by atoms with E-state index < -0.39 is 11.9 Å².